The van der Waals surface area contributed by atoms with E-state index in [4.69, 9.17) is 23.2 Å². The smallest absolute Gasteiger partial charge is 0.227 e. The minimum atomic E-state index is -0.467. The molecule has 0 saturated carbocycles. The van der Waals surface area contributed by atoms with E-state index in [1.165, 1.54) is 5.56 Å². The van der Waals surface area contributed by atoms with Crippen LogP contribution in [-0.4, -0.2) is 36.5 Å². The molecular formula is C25H34Cl2N2O. The monoisotopic (exact) mass is 448 g/mol. The second-order valence-corrected chi connectivity index (χ2v) is 9.47. The fourth-order valence-corrected chi connectivity index (χ4v) is 4.00. The minimum absolute atomic E-state index is 0.0367. The van der Waals surface area contributed by atoms with Crippen LogP contribution in [0.4, 0.5) is 0 Å². The Morgan fingerprint density at radius 3 is 1.97 bits per heavy atom. The van der Waals surface area contributed by atoms with E-state index in [1.807, 2.05) is 62.4 Å². The zero-order chi connectivity index (χ0) is 22.3. The molecule has 0 spiro atoms. The normalized spacial score (nSPS) is 13.9. The molecule has 0 aliphatic carbocycles. The number of hydrogen-bond acceptors (Lipinski definition) is 2. The summed E-state index contributed by atoms with van der Waals surface area (Å²) < 4.78 is 0. The summed E-state index contributed by atoms with van der Waals surface area (Å²) in [5, 5.41) is 4.73. The Morgan fingerprint density at radius 1 is 0.967 bits per heavy atom. The lowest BCUT2D eigenvalue weighted by molar-refractivity contribution is -0.131. The van der Waals surface area contributed by atoms with Gasteiger partial charge in [0.15, 0.2) is 0 Å². The van der Waals surface area contributed by atoms with Gasteiger partial charge >= 0.3 is 0 Å². The molecule has 0 aliphatic rings. The van der Waals surface area contributed by atoms with Gasteiger partial charge in [-0.05, 0) is 75.7 Å². The zero-order valence-corrected chi connectivity index (χ0v) is 20.2. The maximum absolute atomic E-state index is 13.2. The van der Waals surface area contributed by atoms with Crippen molar-refractivity contribution >= 4 is 29.1 Å². The highest BCUT2D eigenvalue weighted by molar-refractivity contribution is 6.30. The van der Waals surface area contributed by atoms with Crippen molar-refractivity contribution in [3.63, 3.8) is 0 Å². The first-order valence-electron chi connectivity index (χ1n) is 10.7. The van der Waals surface area contributed by atoms with Gasteiger partial charge in [-0.1, -0.05) is 61.3 Å². The highest BCUT2D eigenvalue weighted by Crippen LogP contribution is 2.28. The summed E-state index contributed by atoms with van der Waals surface area (Å²) in [6.45, 7) is 13.0. The molecule has 0 radical (unpaired) electrons. The van der Waals surface area contributed by atoms with Crippen LogP contribution >= 0.6 is 23.2 Å². The number of hydrogen-bond donors (Lipinski definition) is 1. The molecule has 5 heteroatoms. The quantitative estimate of drug-likeness (QED) is 0.469. The first-order chi connectivity index (χ1) is 14.2. The minimum Gasteiger partial charge on any atom is -0.353 e. The summed E-state index contributed by atoms with van der Waals surface area (Å²) in [4.78, 5) is 15.4. The Hall–Kier alpha value is -1.55. The predicted molar refractivity (Wildman–Crippen MR) is 129 cm³/mol. The van der Waals surface area contributed by atoms with Gasteiger partial charge in [-0.25, -0.2) is 0 Å². The van der Waals surface area contributed by atoms with E-state index in [9.17, 15) is 4.79 Å². The van der Waals surface area contributed by atoms with Gasteiger partial charge in [0.1, 0.15) is 0 Å². The maximum atomic E-state index is 13.2. The summed E-state index contributed by atoms with van der Waals surface area (Å²) in [5.41, 5.74) is 1.87. The SMILES string of the molecule is CCN(CC)CC(C)(C)C(=O)NC(C)C(Cc1ccc(Cl)cc1)c1ccc(Cl)cc1. The fourth-order valence-electron chi connectivity index (χ4n) is 3.75. The molecule has 3 nitrogen and oxygen atoms in total. The average molecular weight is 449 g/mol. The molecule has 164 valence electrons. The lowest BCUT2D eigenvalue weighted by Gasteiger charge is -2.33. The van der Waals surface area contributed by atoms with E-state index in [2.05, 4.69) is 31.0 Å². The number of rotatable bonds is 10. The highest BCUT2D eigenvalue weighted by Gasteiger charge is 2.32. The highest BCUT2D eigenvalue weighted by atomic mass is 35.5. The third-order valence-electron chi connectivity index (χ3n) is 5.76. The van der Waals surface area contributed by atoms with Gasteiger partial charge in [0.2, 0.25) is 5.91 Å². The number of benzene rings is 2. The van der Waals surface area contributed by atoms with E-state index in [-0.39, 0.29) is 17.9 Å². The summed E-state index contributed by atoms with van der Waals surface area (Å²) in [6, 6.07) is 15.8. The number of nitrogens with one attached hydrogen (secondary N) is 1. The van der Waals surface area contributed by atoms with Crippen LogP contribution in [-0.2, 0) is 11.2 Å². The van der Waals surface area contributed by atoms with E-state index < -0.39 is 5.41 Å². The first kappa shape index (κ1) is 24.7. The predicted octanol–water partition coefficient (Wildman–Crippen LogP) is 6.19. The molecule has 2 unspecified atom stereocenters. The lowest BCUT2D eigenvalue weighted by atomic mass is 9.85. The molecule has 1 amide bonds. The van der Waals surface area contributed by atoms with Gasteiger partial charge in [-0.15, -0.1) is 0 Å². The number of carbonyl (C=O) groups excluding carboxylic acids is 1. The molecular weight excluding hydrogens is 415 g/mol. The summed E-state index contributed by atoms with van der Waals surface area (Å²) in [5.74, 6) is 0.202. The van der Waals surface area contributed by atoms with Crippen LogP contribution in [0, 0.1) is 5.41 Å². The van der Waals surface area contributed by atoms with Crippen LogP contribution in [0.2, 0.25) is 10.0 Å². The molecule has 0 bridgehead atoms. The van der Waals surface area contributed by atoms with Crippen molar-refractivity contribution in [1.82, 2.24) is 10.2 Å². The van der Waals surface area contributed by atoms with Crippen molar-refractivity contribution in [2.45, 2.75) is 53.0 Å². The topological polar surface area (TPSA) is 32.3 Å². The van der Waals surface area contributed by atoms with Crippen LogP contribution in [0.15, 0.2) is 48.5 Å². The standard InChI is InChI=1S/C25H34Cl2N2O/c1-6-29(7-2)17-25(4,5)24(30)28-18(3)23(20-10-14-22(27)15-11-20)16-19-8-12-21(26)13-9-19/h8-15,18,23H,6-7,16-17H2,1-5H3,(H,28,30). The molecule has 1 N–H and O–H groups in total. The van der Waals surface area contributed by atoms with Gasteiger partial charge < -0.3 is 10.2 Å². The lowest BCUT2D eigenvalue weighted by Crippen LogP contribution is -2.49. The van der Waals surface area contributed by atoms with Crippen molar-refractivity contribution in [3.8, 4) is 0 Å². The Labute approximate surface area is 191 Å². The average Bonchev–Trinajstić information content (AvgIpc) is 2.72. The number of nitrogens with zero attached hydrogens (tertiary/aromatic N) is 1. The molecule has 2 aromatic rings. The first-order valence-corrected chi connectivity index (χ1v) is 11.4. The molecule has 0 aliphatic heterocycles. The van der Waals surface area contributed by atoms with Gasteiger partial charge in [0, 0.05) is 28.5 Å². The summed E-state index contributed by atoms with van der Waals surface area (Å²) >= 11 is 12.2. The van der Waals surface area contributed by atoms with E-state index in [0.717, 1.165) is 36.6 Å². The molecule has 0 aromatic heterocycles. The van der Waals surface area contributed by atoms with E-state index in [1.54, 1.807) is 0 Å². The molecule has 2 atom stereocenters. The third-order valence-corrected chi connectivity index (χ3v) is 6.26. The van der Waals surface area contributed by atoms with Crippen molar-refractivity contribution in [1.29, 1.82) is 0 Å². The molecule has 0 saturated heterocycles. The molecule has 30 heavy (non-hydrogen) atoms. The molecule has 0 heterocycles. The maximum Gasteiger partial charge on any atom is 0.227 e. The van der Waals surface area contributed by atoms with Crippen LogP contribution in [0.1, 0.15) is 51.7 Å². The summed E-state index contributed by atoms with van der Waals surface area (Å²) in [7, 11) is 0. The van der Waals surface area contributed by atoms with Gasteiger partial charge in [0.05, 0.1) is 5.41 Å². The third kappa shape index (κ3) is 7.01. The van der Waals surface area contributed by atoms with E-state index >= 15 is 0 Å². The van der Waals surface area contributed by atoms with Crippen LogP contribution in [0.5, 0.6) is 0 Å². The van der Waals surface area contributed by atoms with Crippen LogP contribution in [0.3, 0.4) is 0 Å². The Kier molecular flexibility index (Phi) is 9.21. The van der Waals surface area contributed by atoms with Crippen molar-refractivity contribution in [2.75, 3.05) is 19.6 Å². The van der Waals surface area contributed by atoms with Crippen molar-refractivity contribution in [3.05, 3.63) is 69.7 Å². The van der Waals surface area contributed by atoms with Crippen molar-refractivity contribution < 1.29 is 4.79 Å². The van der Waals surface area contributed by atoms with E-state index in [0.29, 0.717) is 5.02 Å². The Balaban J connectivity index is 2.21. The summed E-state index contributed by atoms with van der Waals surface area (Å²) in [6.07, 6.45) is 0.802. The number of halogens is 2. The number of carbonyl (C=O) groups is 1. The molecule has 2 aromatic carbocycles. The van der Waals surface area contributed by atoms with Gasteiger partial charge in [-0.2, -0.15) is 0 Å². The molecule has 2 rings (SSSR count). The largest absolute Gasteiger partial charge is 0.353 e. The Morgan fingerprint density at radius 2 is 1.47 bits per heavy atom. The fraction of sp³-hybridized carbons (Fsp3) is 0.480. The van der Waals surface area contributed by atoms with Gasteiger partial charge in [-0.3, -0.25) is 4.79 Å². The second kappa shape index (κ2) is 11.2. The second-order valence-electron chi connectivity index (χ2n) is 8.60. The Bertz CT molecular complexity index is 799. The van der Waals surface area contributed by atoms with Crippen LogP contribution < -0.4 is 5.32 Å². The van der Waals surface area contributed by atoms with Crippen molar-refractivity contribution in [2.24, 2.45) is 5.41 Å². The number of amides is 1. The van der Waals surface area contributed by atoms with Gasteiger partial charge in [0.25, 0.3) is 0 Å². The molecule has 0 fully saturated rings. The van der Waals surface area contributed by atoms with Crippen LogP contribution in [0.25, 0.3) is 0 Å². The zero-order valence-electron chi connectivity index (χ0n) is 18.7.